The summed E-state index contributed by atoms with van der Waals surface area (Å²) < 4.78 is 65.9. The summed E-state index contributed by atoms with van der Waals surface area (Å²) in [5.41, 5.74) is 0.372. The van der Waals surface area contributed by atoms with E-state index < -0.39 is 29.7 Å². The quantitative estimate of drug-likeness (QED) is 0.0539. The van der Waals surface area contributed by atoms with Crippen LogP contribution >= 0.6 is 0 Å². The van der Waals surface area contributed by atoms with Crippen molar-refractivity contribution in [3.05, 3.63) is 29.3 Å². The minimum atomic E-state index is -1.08. The molecule has 0 saturated carbocycles. The van der Waals surface area contributed by atoms with Crippen LogP contribution in [0.15, 0.2) is 18.2 Å². The molecule has 398 valence electrons. The van der Waals surface area contributed by atoms with Crippen LogP contribution in [-0.2, 0) is 76.0 Å². The van der Waals surface area contributed by atoms with E-state index in [4.69, 9.17) is 56.8 Å². The molecule has 2 atom stereocenters. The first kappa shape index (κ1) is 60.3. The number of ether oxygens (including phenoxy) is 12. The summed E-state index contributed by atoms with van der Waals surface area (Å²) in [4.78, 5) is 75.7. The third-order valence-electron chi connectivity index (χ3n) is 10.9. The summed E-state index contributed by atoms with van der Waals surface area (Å²) in [6, 6.07) is 3.52. The summed E-state index contributed by atoms with van der Waals surface area (Å²) >= 11 is 0. The molecule has 1 aromatic carbocycles. The number of rotatable bonds is 46. The zero-order valence-electron chi connectivity index (χ0n) is 41.5. The molecule has 21 nitrogen and oxygen atoms in total. The number of esters is 1. The highest BCUT2D eigenvalue weighted by molar-refractivity contribution is 6.26. The molecule has 2 heterocycles. The molecule has 70 heavy (non-hydrogen) atoms. The number of amides is 5. The number of imide groups is 2. The van der Waals surface area contributed by atoms with Gasteiger partial charge in [-0.1, -0.05) is 39.2 Å². The summed E-state index contributed by atoms with van der Waals surface area (Å²) in [5.74, 6) is -2.88. The predicted molar refractivity (Wildman–Crippen MR) is 253 cm³/mol. The summed E-state index contributed by atoms with van der Waals surface area (Å²) in [7, 11) is 0. The summed E-state index contributed by atoms with van der Waals surface area (Å²) in [6.07, 6.45) is 6.21. The maximum absolute atomic E-state index is 13.2. The lowest BCUT2D eigenvalue weighted by molar-refractivity contribution is -0.150. The molecular weight excluding hydrogens is 919 g/mol. The van der Waals surface area contributed by atoms with Crippen molar-refractivity contribution in [2.75, 3.05) is 157 Å². The van der Waals surface area contributed by atoms with E-state index in [0.717, 1.165) is 43.4 Å². The van der Waals surface area contributed by atoms with E-state index in [2.05, 4.69) is 17.6 Å². The first-order chi connectivity index (χ1) is 34.3. The third-order valence-corrected chi connectivity index (χ3v) is 10.9. The number of fused-ring (bicyclic) bond motifs is 1. The molecule has 3 rings (SSSR count). The Morgan fingerprint density at radius 1 is 0.586 bits per heavy atom. The maximum Gasteiger partial charge on any atom is 0.308 e. The van der Waals surface area contributed by atoms with E-state index in [1.54, 1.807) is 12.1 Å². The first-order valence-corrected chi connectivity index (χ1v) is 24.9. The number of unbranched alkanes of at least 4 members (excludes halogenated alkanes) is 3. The highest BCUT2D eigenvalue weighted by atomic mass is 16.6. The Morgan fingerprint density at radius 2 is 1.04 bits per heavy atom. The minimum Gasteiger partial charge on any atom is -0.463 e. The van der Waals surface area contributed by atoms with Crippen LogP contribution in [-0.4, -0.2) is 198 Å². The van der Waals surface area contributed by atoms with Gasteiger partial charge in [-0.15, -0.1) is 0 Å². The minimum absolute atomic E-state index is 0.0184. The molecule has 0 spiro atoms. The van der Waals surface area contributed by atoms with Gasteiger partial charge in [0.25, 0.3) is 11.8 Å². The van der Waals surface area contributed by atoms with Crippen LogP contribution in [0.3, 0.4) is 0 Å². The van der Waals surface area contributed by atoms with E-state index in [1.165, 1.54) is 6.07 Å². The lowest BCUT2D eigenvalue weighted by Gasteiger charge is -2.27. The van der Waals surface area contributed by atoms with Gasteiger partial charge < -0.3 is 62.2 Å². The third kappa shape index (κ3) is 25.9. The molecule has 0 bridgehead atoms. The molecule has 2 N–H and O–H groups in total. The fourth-order valence-corrected chi connectivity index (χ4v) is 7.06. The van der Waals surface area contributed by atoms with E-state index in [9.17, 15) is 28.8 Å². The van der Waals surface area contributed by atoms with Crippen LogP contribution in [0.1, 0.15) is 98.8 Å². The maximum atomic E-state index is 13.2. The molecule has 2 aliphatic heterocycles. The fraction of sp³-hybridized carbons (Fsp3) is 0.755. The van der Waals surface area contributed by atoms with Crippen LogP contribution in [0.4, 0.5) is 5.69 Å². The van der Waals surface area contributed by atoms with Crippen molar-refractivity contribution in [1.82, 2.24) is 10.2 Å². The second-order valence-electron chi connectivity index (χ2n) is 16.2. The fourth-order valence-electron chi connectivity index (χ4n) is 7.06. The molecule has 21 heteroatoms. The van der Waals surface area contributed by atoms with Gasteiger partial charge in [0.15, 0.2) is 0 Å². The average Bonchev–Trinajstić information content (AvgIpc) is 3.61. The van der Waals surface area contributed by atoms with Crippen molar-refractivity contribution in [1.29, 1.82) is 0 Å². The van der Waals surface area contributed by atoms with Crippen LogP contribution in [0, 0.1) is 5.92 Å². The number of carbonyl (C=O) groups is 6. The Labute approximate surface area is 412 Å². The topological polar surface area (TPSA) is 240 Å². The molecule has 0 aliphatic carbocycles. The van der Waals surface area contributed by atoms with Crippen LogP contribution in [0.5, 0.6) is 0 Å². The second-order valence-corrected chi connectivity index (χ2v) is 16.2. The standard InChI is InChI=1S/C49H79N3O18/c1-3-5-10-39(4-2)49(58)70-38-37-69-36-35-68-34-33-67-32-31-66-30-29-65-28-27-64-26-25-63-24-23-62-22-21-61-20-19-60-18-17-59-16-8-6-7-13-43(53)50-41-12-9-11-40-45(41)48(57)52(47(40)56)42-14-15-44(54)51-46(42)55/h9,11-12,39,42H,3-8,10,13-38H2,1-2H3,(H,50,53)(H,51,54,55). The molecule has 1 fully saturated rings. The average molecular weight is 998 g/mol. The number of anilines is 1. The number of hydrogen-bond donors (Lipinski definition) is 2. The number of carbonyl (C=O) groups excluding carboxylic acids is 6. The molecule has 5 amide bonds. The van der Waals surface area contributed by atoms with Gasteiger partial charge in [-0.05, 0) is 44.2 Å². The largest absolute Gasteiger partial charge is 0.463 e. The van der Waals surface area contributed by atoms with E-state index in [0.29, 0.717) is 152 Å². The Balaban J connectivity index is 0.961. The molecule has 2 aliphatic rings. The Bertz CT molecular complexity index is 1640. The molecule has 1 saturated heterocycles. The van der Waals surface area contributed by atoms with Crippen LogP contribution in [0.25, 0.3) is 0 Å². The number of nitrogens with zero attached hydrogens (tertiary/aromatic N) is 1. The lowest BCUT2D eigenvalue weighted by atomic mass is 10.00. The molecule has 2 unspecified atom stereocenters. The SMILES string of the molecule is CCCCC(CC)C(=O)OCCOCCOCCOCCOCCOCCOCCOCCOCCOCCOCCOCCCCCC(=O)Nc1cccc2c1C(=O)N(C1CCC(=O)NC1=O)C2=O. The van der Waals surface area contributed by atoms with Crippen molar-refractivity contribution in [2.24, 2.45) is 5.92 Å². The summed E-state index contributed by atoms with van der Waals surface area (Å²) in [6.45, 7) is 14.4. The molecular formula is C49H79N3O18. The van der Waals surface area contributed by atoms with Gasteiger partial charge in [-0.2, -0.15) is 0 Å². The van der Waals surface area contributed by atoms with Gasteiger partial charge in [0.05, 0.1) is 161 Å². The van der Waals surface area contributed by atoms with E-state index >= 15 is 0 Å². The monoisotopic (exact) mass is 998 g/mol. The summed E-state index contributed by atoms with van der Waals surface area (Å²) in [5, 5.41) is 4.91. The van der Waals surface area contributed by atoms with Gasteiger partial charge in [-0.3, -0.25) is 39.0 Å². The zero-order valence-corrected chi connectivity index (χ0v) is 41.5. The van der Waals surface area contributed by atoms with Crippen LogP contribution < -0.4 is 10.6 Å². The van der Waals surface area contributed by atoms with Crippen molar-refractivity contribution >= 4 is 41.2 Å². The number of nitrogens with one attached hydrogen (secondary N) is 2. The van der Waals surface area contributed by atoms with Crippen molar-refractivity contribution < 1.29 is 85.6 Å². The van der Waals surface area contributed by atoms with Gasteiger partial charge in [-0.25, -0.2) is 0 Å². The van der Waals surface area contributed by atoms with Crippen molar-refractivity contribution in [2.45, 2.75) is 84.1 Å². The molecule has 1 aromatic rings. The second kappa shape index (κ2) is 39.6. The molecule has 0 aromatic heterocycles. The van der Waals surface area contributed by atoms with Gasteiger partial charge in [0, 0.05) is 19.4 Å². The zero-order chi connectivity index (χ0) is 50.3. The molecule has 0 radical (unpaired) electrons. The normalized spacial score (nSPS) is 15.1. The van der Waals surface area contributed by atoms with Crippen molar-refractivity contribution in [3.8, 4) is 0 Å². The Hall–Kier alpha value is -4.00. The Morgan fingerprint density at radius 3 is 1.49 bits per heavy atom. The van der Waals surface area contributed by atoms with Crippen LogP contribution in [0.2, 0.25) is 0 Å². The number of piperidine rings is 1. The van der Waals surface area contributed by atoms with Gasteiger partial charge in [0.2, 0.25) is 17.7 Å². The van der Waals surface area contributed by atoms with Crippen molar-refractivity contribution in [3.63, 3.8) is 0 Å². The van der Waals surface area contributed by atoms with E-state index in [-0.39, 0.29) is 60.5 Å². The highest BCUT2D eigenvalue weighted by Gasteiger charge is 2.45. The smallest absolute Gasteiger partial charge is 0.308 e. The highest BCUT2D eigenvalue weighted by Crippen LogP contribution is 2.32. The van der Waals surface area contributed by atoms with E-state index in [1.807, 2.05) is 6.92 Å². The van der Waals surface area contributed by atoms with Gasteiger partial charge >= 0.3 is 5.97 Å². The predicted octanol–water partition coefficient (Wildman–Crippen LogP) is 3.53. The number of benzene rings is 1. The van der Waals surface area contributed by atoms with Gasteiger partial charge in [0.1, 0.15) is 12.6 Å². The number of hydrogen-bond acceptors (Lipinski definition) is 18. The Kier molecular flexibility index (Phi) is 34.1. The lowest BCUT2D eigenvalue weighted by Crippen LogP contribution is -2.54. The first-order valence-electron chi connectivity index (χ1n) is 24.9.